The number of aliphatic hydroxyl groups excluding tert-OH is 1. The summed E-state index contributed by atoms with van der Waals surface area (Å²) < 4.78 is 4.62. The number of ether oxygens (including phenoxy) is 1. The number of carboxylic acids is 2. The summed E-state index contributed by atoms with van der Waals surface area (Å²) in [6, 6.07) is 0. The van der Waals surface area contributed by atoms with E-state index >= 15 is 0 Å². The van der Waals surface area contributed by atoms with E-state index in [0.717, 1.165) is 0 Å². The molecule has 0 aliphatic carbocycles. The molecule has 0 radical (unpaired) electrons. The van der Waals surface area contributed by atoms with Crippen LogP contribution in [0.3, 0.4) is 0 Å². The maximum Gasteiger partial charge on any atom is 0.335 e. The van der Waals surface area contributed by atoms with Gasteiger partial charge in [-0.3, -0.25) is 4.79 Å². The van der Waals surface area contributed by atoms with E-state index in [0.29, 0.717) is 12.8 Å². The first-order valence-corrected chi connectivity index (χ1v) is 5.32. The smallest absolute Gasteiger partial charge is 0.335 e. The first kappa shape index (κ1) is 16.1. The van der Waals surface area contributed by atoms with Crippen molar-refractivity contribution in [3.05, 3.63) is 12.2 Å². The summed E-state index contributed by atoms with van der Waals surface area (Å²) in [7, 11) is 0. The topological polar surface area (TPSA) is 121 Å². The van der Waals surface area contributed by atoms with Crippen LogP contribution in [0.4, 0.5) is 0 Å². The number of hydrogen-bond donors (Lipinski definition) is 3. The maximum absolute atomic E-state index is 11.0. The van der Waals surface area contributed by atoms with Crippen LogP contribution in [0.1, 0.15) is 25.7 Å². The predicted molar refractivity (Wildman–Crippen MR) is 59.8 cm³/mol. The number of aliphatic carboxylic acids is 2. The van der Waals surface area contributed by atoms with Gasteiger partial charge in [0.15, 0.2) is 6.10 Å². The van der Waals surface area contributed by atoms with Crippen molar-refractivity contribution >= 4 is 17.9 Å². The number of aliphatic hydroxyl groups is 1. The molecule has 0 aliphatic rings. The SMILES string of the molecule is C=C(CCCCOC(=O)C(O)CC(=O)O)C(=O)O. The minimum atomic E-state index is -1.67. The van der Waals surface area contributed by atoms with E-state index in [9.17, 15) is 14.4 Å². The fourth-order valence-electron chi connectivity index (χ4n) is 1.07. The van der Waals surface area contributed by atoms with Crippen molar-refractivity contribution in [2.75, 3.05) is 6.61 Å². The second-order valence-electron chi connectivity index (χ2n) is 3.65. The summed E-state index contributed by atoms with van der Waals surface area (Å²) in [5.74, 6) is -3.35. The lowest BCUT2D eigenvalue weighted by Gasteiger charge is -2.08. The van der Waals surface area contributed by atoms with E-state index in [1.54, 1.807) is 0 Å². The summed E-state index contributed by atoms with van der Waals surface area (Å²) >= 11 is 0. The fourth-order valence-corrected chi connectivity index (χ4v) is 1.07. The molecule has 0 spiro atoms. The quantitative estimate of drug-likeness (QED) is 0.307. The highest BCUT2D eigenvalue weighted by Crippen LogP contribution is 2.06. The van der Waals surface area contributed by atoms with Crippen LogP contribution >= 0.6 is 0 Å². The monoisotopic (exact) mass is 260 g/mol. The van der Waals surface area contributed by atoms with Crippen LogP contribution in [-0.2, 0) is 19.1 Å². The van der Waals surface area contributed by atoms with Gasteiger partial charge in [-0.05, 0) is 19.3 Å². The van der Waals surface area contributed by atoms with E-state index in [1.807, 2.05) is 0 Å². The number of carbonyl (C=O) groups excluding carboxylic acids is 1. The van der Waals surface area contributed by atoms with Gasteiger partial charge in [-0.25, -0.2) is 9.59 Å². The van der Waals surface area contributed by atoms with Crippen molar-refractivity contribution in [1.29, 1.82) is 0 Å². The summed E-state index contributed by atoms with van der Waals surface area (Å²) in [4.78, 5) is 31.6. The third-order valence-electron chi connectivity index (χ3n) is 2.06. The molecule has 0 aliphatic heterocycles. The lowest BCUT2D eigenvalue weighted by atomic mass is 10.1. The number of carbonyl (C=O) groups is 3. The summed E-state index contributed by atoms with van der Waals surface area (Å²) in [5.41, 5.74) is 0.0761. The summed E-state index contributed by atoms with van der Waals surface area (Å²) in [6.45, 7) is 3.34. The van der Waals surface area contributed by atoms with Gasteiger partial charge in [-0.15, -0.1) is 0 Å². The van der Waals surface area contributed by atoms with Gasteiger partial charge in [-0.1, -0.05) is 6.58 Å². The van der Waals surface area contributed by atoms with E-state index in [-0.39, 0.29) is 18.6 Å². The average Bonchev–Trinajstić information content (AvgIpc) is 2.26. The second-order valence-corrected chi connectivity index (χ2v) is 3.65. The van der Waals surface area contributed by atoms with Gasteiger partial charge >= 0.3 is 17.9 Å². The number of esters is 1. The van der Waals surface area contributed by atoms with Crippen molar-refractivity contribution in [2.45, 2.75) is 31.8 Å². The highest BCUT2D eigenvalue weighted by molar-refractivity contribution is 5.85. The van der Waals surface area contributed by atoms with E-state index < -0.39 is 30.4 Å². The van der Waals surface area contributed by atoms with Crippen molar-refractivity contribution in [2.24, 2.45) is 0 Å². The third-order valence-corrected chi connectivity index (χ3v) is 2.06. The van der Waals surface area contributed by atoms with Crippen molar-refractivity contribution in [3.63, 3.8) is 0 Å². The molecule has 0 aromatic heterocycles. The van der Waals surface area contributed by atoms with E-state index in [2.05, 4.69) is 11.3 Å². The Balaban J connectivity index is 3.66. The average molecular weight is 260 g/mol. The van der Waals surface area contributed by atoms with Gasteiger partial charge < -0.3 is 20.1 Å². The van der Waals surface area contributed by atoms with Gasteiger partial charge in [0.05, 0.1) is 13.0 Å². The molecular formula is C11H16O7. The van der Waals surface area contributed by atoms with Gasteiger partial charge in [0, 0.05) is 5.57 Å². The molecule has 102 valence electrons. The number of hydrogen-bond acceptors (Lipinski definition) is 5. The van der Waals surface area contributed by atoms with E-state index in [1.165, 1.54) is 0 Å². The van der Waals surface area contributed by atoms with Crippen LogP contribution in [0.15, 0.2) is 12.2 Å². The number of carboxylic acid groups (broad SMARTS) is 2. The van der Waals surface area contributed by atoms with Crippen molar-refractivity contribution < 1.29 is 34.4 Å². The Labute approximate surface area is 104 Å². The standard InChI is InChI=1S/C11H16O7/c1-7(10(15)16)4-2-3-5-18-11(17)8(12)6-9(13)14/h8,12H,1-6H2,(H,13,14)(H,15,16). The summed E-state index contributed by atoms with van der Waals surface area (Å²) in [6.07, 6.45) is -1.19. The lowest BCUT2D eigenvalue weighted by Crippen LogP contribution is -2.26. The molecule has 0 saturated heterocycles. The summed E-state index contributed by atoms with van der Waals surface area (Å²) in [5, 5.41) is 25.9. The molecule has 7 heteroatoms. The number of rotatable bonds is 9. The Bertz CT molecular complexity index is 334. The molecule has 18 heavy (non-hydrogen) atoms. The molecule has 0 aromatic carbocycles. The molecule has 3 N–H and O–H groups in total. The molecule has 0 heterocycles. The van der Waals surface area contributed by atoms with Crippen LogP contribution in [0.5, 0.6) is 0 Å². The van der Waals surface area contributed by atoms with Gasteiger partial charge in [-0.2, -0.15) is 0 Å². The molecule has 1 atom stereocenters. The molecular weight excluding hydrogens is 244 g/mol. The van der Waals surface area contributed by atoms with Gasteiger partial charge in [0.2, 0.25) is 0 Å². The minimum Gasteiger partial charge on any atom is -0.481 e. The highest BCUT2D eigenvalue weighted by Gasteiger charge is 2.19. The highest BCUT2D eigenvalue weighted by atomic mass is 16.5. The normalized spacial score (nSPS) is 11.6. The zero-order valence-electron chi connectivity index (χ0n) is 9.79. The van der Waals surface area contributed by atoms with Crippen molar-refractivity contribution in [1.82, 2.24) is 0 Å². The molecule has 0 rings (SSSR count). The molecule has 7 nitrogen and oxygen atoms in total. The zero-order chi connectivity index (χ0) is 14.1. The van der Waals surface area contributed by atoms with Crippen LogP contribution in [0.2, 0.25) is 0 Å². The van der Waals surface area contributed by atoms with Crippen LogP contribution in [-0.4, -0.2) is 45.9 Å². The molecule has 0 fully saturated rings. The zero-order valence-corrected chi connectivity index (χ0v) is 9.79. The lowest BCUT2D eigenvalue weighted by molar-refractivity contribution is -0.158. The van der Waals surface area contributed by atoms with Crippen LogP contribution in [0, 0.1) is 0 Å². The van der Waals surface area contributed by atoms with Gasteiger partial charge in [0.25, 0.3) is 0 Å². The molecule has 0 bridgehead atoms. The Morgan fingerprint density at radius 2 is 1.78 bits per heavy atom. The molecule has 0 amide bonds. The minimum absolute atomic E-state index is 0.00239. The number of unbranched alkanes of at least 4 members (excludes halogenated alkanes) is 1. The Kier molecular flexibility index (Phi) is 7.37. The molecule has 0 saturated carbocycles. The third kappa shape index (κ3) is 7.39. The predicted octanol–water partition coefficient (Wildman–Crippen LogP) is 0.176. The van der Waals surface area contributed by atoms with Crippen molar-refractivity contribution in [3.8, 4) is 0 Å². The molecule has 0 aromatic rings. The maximum atomic E-state index is 11.0. The second kappa shape index (κ2) is 8.24. The Morgan fingerprint density at radius 3 is 2.28 bits per heavy atom. The van der Waals surface area contributed by atoms with E-state index in [4.69, 9.17) is 15.3 Å². The first-order valence-electron chi connectivity index (χ1n) is 5.32. The van der Waals surface area contributed by atoms with Crippen LogP contribution < -0.4 is 0 Å². The first-order chi connectivity index (χ1) is 8.34. The van der Waals surface area contributed by atoms with Crippen LogP contribution in [0.25, 0.3) is 0 Å². The molecule has 1 unspecified atom stereocenters. The van der Waals surface area contributed by atoms with Gasteiger partial charge in [0.1, 0.15) is 0 Å². The largest absolute Gasteiger partial charge is 0.481 e. The fraction of sp³-hybridized carbons (Fsp3) is 0.545. The Morgan fingerprint density at radius 1 is 1.17 bits per heavy atom. The Hall–Kier alpha value is -1.89.